The quantitative estimate of drug-likeness (QED) is 0.872. The van der Waals surface area contributed by atoms with Crippen LogP contribution in [0.2, 0.25) is 0 Å². The highest BCUT2D eigenvalue weighted by Crippen LogP contribution is 2.32. The smallest absolute Gasteiger partial charge is 0.433 e. The highest BCUT2D eigenvalue weighted by atomic mass is 19.4. The summed E-state index contributed by atoms with van der Waals surface area (Å²) in [6.07, 6.45) is -4.53. The second-order valence-corrected chi connectivity index (χ2v) is 4.56. The molecule has 4 nitrogen and oxygen atoms in total. The molecule has 1 heterocycles. The molecule has 7 heteroatoms. The van der Waals surface area contributed by atoms with Crippen LogP contribution in [0.25, 0.3) is 11.3 Å². The SMILES string of the molecule is COc1cccc(-c2cc(C(F)(F)F)nc(N(C)C)n2)c1. The van der Waals surface area contributed by atoms with Gasteiger partial charge < -0.3 is 9.64 Å². The van der Waals surface area contributed by atoms with Gasteiger partial charge in [0.1, 0.15) is 5.75 Å². The molecule has 112 valence electrons. The first-order valence-corrected chi connectivity index (χ1v) is 6.09. The first kappa shape index (κ1) is 15.1. The van der Waals surface area contributed by atoms with Gasteiger partial charge in [0.2, 0.25) is 5.95 Å². The topological polar surface area (TPSA) is 38.2 Å². The summed E-state index contributed by atoms with van der Waals surface area (Å²) in [5.41, 5.74) is -0.246. The maximum atomic E-state index is 12.9. The van der Waals surface area contributed by atoms with Gasteiger partial charge in [-0.05, 0) is 18.2 Å². The maximum Gasteiger partial charge on any atom is 0.433 e. The van der Waals surface area contributed by atoms with Crippen LogP contribution in [0.5, 0.6) is 5.75 Å². The zero-order valence-electron chi connectivity index (χ0n) is 11.8. The number of anilines is 1. The van der Waals surface area contributed by atoms with Gasteiger partial charge in [0.05, 0.1) is 12.8 Å². The molecule has 0 N–H and O–H groups in total. The van der Waals surface area contributed by atoms with E-state index in [1.54, 1.807) is 38.4 Å². The summed E-state index contributed by atoms with van der Waals surface area (Å²) in [5, 5.41) is 0. The van der Waals surface area contributed by atoms with Gasteiger partial charge in [0.25, 0.3) is 0 Å². The minimum Gasteiger partial charge on any atom is -0.497 e. The van der Waals surface area contributed by atoms with E-state index in [2.05, 4.69) is 9.97 Å². The van der Waals surface area contributed by atoms with E-state index in [0.717, 1.165) is 6.07 Å². The van der Waals surface area contributed by atoms with Crippen LogP contribution >= 0.6 is 0 Å². The standard InChI is InChI=1S/C14H14F3N3O/c1-20(2)13-18-11(8-12(19-13)14(15,16)17)9-5-4-6-10(7-9)21-3/h4-8H,1-3H3. The van der Waals surface area contributed by atoms with E-state index in [9.17, 15) is 13.2 Å². The number of halogens is 3. The van der Waals surface area contributed by atoms with E-state index in [1.807, 2.05) is 0 Å². The van der Waals surface area contributed by atoms with Gasteiger partial charge in [-0.3, -0.25) is 0 Å². The molecule has 0 fully saturated rings. The van der Waals surface area contributed by atoms with Crippen LogP contribution in [0.4, 0.5) is 19.1 Å². The number of rotatable bonds is 3. The Morgan fingerprint density at radius 2 is 1.81 bits per heavy atom. The molecule has 0 amide bonds. The van der Waals surface area contributed by atoms with Gasteiger partial charge in [-0.25, -0.2) is 9.97 Å². The molecule has 0 aliphatic rings. The summed E-state index contributed by atoms with van der Waals surface area (Å²) in [7, 11) is 4.67. The molecular formula is C14H14F3N3O. The first-order valence-electron chi connectivity index (χ1n) is 6.09. The van der Waals surface area contributed by atoms with Gasteiger partial charge in [0.15, 0.2) is 5.69 Å². The number of hydrogen-bond donors (Lipinski definition) is 0. The second-order valence-electron chi connectivity index (χ2n) is 4.56. The van der Waals surface area contributed by atoms with Crippen molar-refractivity contribution in [1.82, 2.24) is 9.97 Å². The zero-order chi connectivity index (χ0) is 15.6. The summed E-state index contributed by atoms with van der Waals surface area (Å²) in [6, 6.07) is 7.63. The number of ether oxygens (including phenoxy) is 1. The molecule has 1 aromatic carbocycles. The number of benzene rings is 1. The number of nitrogens with zero attached hydrogens (tertiary/aromatic N) is 3. The average Bonchev–Trinajstić information content (AvgIpc) is 2.46. The summed E-state index contributed by atoms with van der Waals surface area (Å²) in [6.45, 7) is 0. The van der Waals surface area contributed by atoms with Crippen LogP contribution in [0, 0.1) is 0 Å². The van der Waals surface area contributed by atoms with Crippen LogP contribution in [0.15, 0.2) is 30.3 Å². The lowest BCUT2D eigenvalue weighted by Gasteiger charge is -2.15. The fraction of sp³-hybridized carbons (Fsp3) is 0.286. The number of alkyl halides is 3. The van der Waals surface area contributed by atoms with Crippen LogP contribution < -0.4 is 9.64 Å². The number of hydrogen-bond acceptors (Lipinski definition) is 4. The molecule has 0 unspecified atom stereocenters. The molecule has 0 spiro atoms. The highest BCUT2D eigenvalue weighted by Gasteiger charge is 2.34. The van der Waals surface area contributed by atoms with Crippen LogP contribution in [0.3, 0.4) is 0 Å². The summed E-state index contributed by atoms with van der Waals surface area (Å²) < 4.78 is 43.9. The van der Waals surface area contributed by atoms with E-state index in [1.165, 1.54) is 12.0 Å². The molecule has 0 radical (unpaired) electrons. The molecule has 0 atom stereocenters. The number of methoxy groups -OCH3 is 1. The minimum absolute atomic E-state index is 0.00245. The number of aromatic nitrogens is 2. The van der Waals surface area contributed by atoms with Crippen molar-refractivity contribution in [3.05, 3.63) is 36.0 Å². The molecule has 2 aromatic rings. The molecule has 1 aromatic heterocycles. The van der Waals surface area contributed by atoms with Gasteiger partial charge >= 0.3 is 6.18 Å². The largest absolute Gasteiger partial charge is 0.497 e. The minimum atomic E-state index is -4.53. The van der Waals surface area contributed by atoms with E-state index >= 15 is 0 Å². The van der Waals surface area contributed by atoms with Crippen molar-refractivity contribution in [3.8, 4) is 17.0 Å². The Kier molecular flexibility index (Phi) is 4.02. The van der Waals surface area contributed by atoms with Crippen molar-refractivity contribution in [3.63, 3.8) is 0 Å². The van der Waals surface area contributed by atoms with E-state index in [-0.39, 0.29) is 11.6 Å². The predicted octanol–water partition coefficient (Wildman–Crippen LogP) is 3.24. The summed E-state index contributed by atoms with van der Waals surface area (Å²) in [5.74, 6) is 0.550. The first-order chi connectivity index (χ1) is 9.81. The Labute approximate surface area is 120 Å². The normalized spacial score (nSPS) is 11.3. The predicted molar refractivity (Wildman–Crippen MR) is 73.3 cm³/mol. The van der Waals surface area contributed by atoms with Crippen molar-refractivity contribution in [2.45, 2.75) is 6.18 Å². The van der Waals surface area contributed by atoms with Crippen molar-refractivity contribution >= 4 is 5.95 Å². The van der Waals surface area contributed by atoms with Crippen LogP contribution in [-0.2, 0) is 6.18 Å². The van der Waals surface area contributed by atoms with Crippen LogP contribution in [0.1, 0.15) is 5.69 Å². The van der Waals surface area contributed by atoms with Crippen molar-refractivity contribution in [1.29, 1.82) is 0 Å². The molecule has 0 aliphatic carbocycles. The van der Waals surface area contributed by atoms with Gasteiger partial charge in [-0.15, -0.1) is 0 Å². The molecule has 0 saturated heterocycles. The monoisotopic (exact) mass is 297 g/mol. The van der Waals surface area contributed by atoms with E-state index in [0.29, 0.717) is 11.3 Å². The Balaban J connectivity index is 2.59. The fourth-order valence-corrected chi connectivity index (χ4v) is 1.71. The van der Waals surface area contributed by atoms with Crippen molar-refractivity contribution in [2.24, 2.45) is 0 Å². The lowest BCUT2D eigenvalue weighted by Crippen LogP contribution is -2.17. The molecule has 0 aliphatic heterocycles. The lowest BCUT2D eigenvalue weighted by atomic mass is 10.1. The van der Waals surface area contributed by atoms with E-state index in [4.69, 9.17) is 4.74 Å². The summed E-state index contributed by atoms with van der Waals surface area (Å²) in [4.78, 5) is 9.11. The molecule has 2 rings (SSSR count). The van der Waals surface area contributed by atoms with Gasteiger partial charge in [-0.2, -0.15) is 13.2 Å². The fourth-order valence-electron chi connectivity index (χ4n) is 1.71. The van der Waals surface area contributed by atoms with Crippen molar-refractivity contribution < 1.29 is 17.9 Å². The molecule has 0 saturated carbocycles. The Bertz CT molecular complexity index is 642. The van der Waals surface area contributed by atoms with Crippen LogP contribution in [-0.4, -0.2) is 31.2 Å². The Morgan fingerprint density at radius 1 is 1.10 bits per heavy atom. The summed E-state index contributed by atoms with van der Waals surface area (Å²) >= 11 is 0. The Hall–Kier alpha value is -2.31. The second kappa shape index (κ2) is 5.59. The third kappa shape index (κ3) is 3.42. The van der Waals surface area contributed by atoms with Gasteiger partial charge in [-0.1, -0.05) is 12.1 Å². The molecule has 0 bridgehead atoms. The van der Waals surface area contributed by atoms with E-state index < -0.39 is 11.9 Å². The van der Waals surface area contributed by atoms with Gasteiger partial charge in [0, 0.05) is 19.7 Å². The average molecular weight is 297 g/mol. The Morgan fingerprint density at radius 3 is 2.38 bits per heavy atom. The maximum absolute atomic E-state index is 12.9. The lowest BCUT2D eigenvalue weighted by molar-refractivity contribution is -0.141. The molecular weight excluding hydrogens is 283 g/mol. The zero-order valence-corrected chi connectivity index (χ0v) is 11.8. The third-order valence-electron chi connectivity index (χ3n) is 2.77. The van der Waals surface area contributed by atoms with Crippen molar-refractivity contribution in [2.75, 3.05) is 26.1 Å². The third-order valence-corrected chi connectivity index (χ3v) is 2.77. The highest BCUT2D eigenvalue weighted by molar-refractivity contribution is 5.63. The molecule has 21 heavy (non-hydrogen) atoms.